The fourth-order valence-corrected chi connectivity index (χ4v) is 4.93. The summed E-state index contributed by atoms with van der Waals surface area (Å²) >= 11 is 0. The van der Waals surface area contributed by atoms with E-state index >= 15 is 0 Å². The first-order valence-corrected chi connectivity index (χ1v) is 14.7. The summed E-state index contributed by atoms with van der Waals surface area (Å²) in [5, 5.41) is 11.2. The van der Waals surface area contributed by atoms with Crippen LogP contribution in [0.4, 0.5) is 0 Å². The molecule has 12 nitrogen and oxygen atoms in total. The van der Waals surface area contributed by atoms with Gasteiger partial charge in [-0.3, -0.25) is 19.2 Å². The molecule has 4 amide bonds. The van der Waals surface area contributed by atoms with Gasteiger partial charge in [0.15, 0.2) is 11.5 Å². The number of carbonyl (C=O) groups excluding carboxylic acids is 4. The predicted octanol–water partition coefficient (Wildman–Crippen LogP) is 3.56. The molecule has 0 aliphatic carbocycles. The van der Waals surface area contributed by atoms with Crippen molar-refractivity contribution in [1.29, 1.82) is 0 Å². The summed E-state index contributed by atoms with van der Waals surface area (Å²) in [6.45, 7) is 1.98. The molecule has 2 aromatic heterocycles. The molecule has 1 aliphatic heterocycles. The number of oxazole rings is 1. The van der Waals surface area contributed by atoms with Crippen molar-refractivity contribution in [2.75, 3.05) is 13.7 Å². The van der Waals surface area contributed by atoms with Gasteiger partial charge < -0.3 is 34.8 Å². The van der Waals surface area contributed by atoms with E-state index in [2.05, 4.69) is 26.3 Å². The molecule has 3 heterocycles. The summed E-state index contributed by atoms with van der Waals surface area (Å²) in [6, 6.07) is 17.4. The van der Waals surface area contributed by atoms with E-state index < -0.39 is 35.8 Å². The minimum Gasteiger partial charge on any atom is -0.497 e. The lowest BCUT2D eigenvalue weighted by molar-refractivity contribution is -0.124. The van der Waals surface area contributed by atoms with Crippen LogP contribution in [0.2, 0.25) is 0 Å². The van der Waals surface area contributed by atoms with Crippen LogP contribution in [0.3, 0.4) is 0 Å². The minimum atomic E-state index is -0.915. The Labute approximate surface area is 259 Å². The Balaban J connectivity index is 1.30. The van der Waals surface area contributed by atoms with Crippen molar-refractivity contribution >= 4 is 23.6 Å². The third kappa shape index (κ3) is 7.96. The van der Waals surface area contributed by atoms with Crippen LogP contribution in [-0.2, 0) is 16.0 Å². The maximum Gasteiger partial charge on any atom is 0.287 e. The van der Waals surface area contributed by atoms with Gasteiger partial charge >= 0.3 is 0 Å². The van der Waals surface area contributed by atoms with Gasteiger partial charge in [0.25, 0.3) is 11.8 Å². The number of benzene rings is 2. The molecule has 0 saturated carbocycles. The quantitative estimate of drug-likeness (QED) is 0.256. The normalized spacial score (nSPS) is 19.6. The van der Waals surface area contributed by atoms with E-state index in [-0.39, 0.29) is 29.7 Å². The minimum absolute atomic E-state index is 0.0283. The molecule has 0 spiro atoms. The summed E-state index contributed by atoms with van der Waals surface area (Å²) in [7, 11) is 1.58. The van der Waals surface area contributed by atoms with Gasteiger partial charge in [-0.05, 0) is 68.1 Å². The predicted molar refractivity (Wildman–Crippen MR) is 163 cm³/mol. The molecular weight excluding hydrogens is 578 g/mol. The van der Waals surface area contributed by atoms with Crippen LogP contribution in [-0.4, -0.2) is 54.4 Å². The molecule has 12 heteroatoms. The number of nitrogens with zero attached hydrogens (tertiary/aromatic N) is 1. The topological polar surface area (TPSA) is 165 Å². The summed E-state index contributed by atoms with van der Waals surface area (Å²) in [5.41, 5.74) is 1.62. The van der Waals surface area contributed by atoms with Crippen molar-refractivity contribution in [1.82, 2.24) is 26.3 Å². The first kappa shape index (κ1) is 31.0. The van der Waals surface area contributed by atoms with Crippen molar-refractivity contribution < 1.29 is 32.7 Å². The molecule has 2 aromatic carbocycles. The van der Waals surface area contributed by atoms with Crippen molar-refractivity contribution in [2.45, 2.75) is 50.7 Å². The van der Waals surface area contributed by atoms with Crippen LogP contribution in [0, 0.1) is 0 Å². The first-order chi connectivity index (χ1) is 21.8. The van der Waals surface area contributed by atoms with Crippen molar-refractivity contribution in [3.63, 3.8) is 0 Å². The van der Waals surface area contributed by atoms with Gasteiger partial charge in [0.2, 0.25) is 17.7 Å². The van der Waals surface area contributed by atoms with Crippen LogP contribution < -0.4 is 26.0 Å². The van der Waals surface area contributed by atoms with Crippen LogP contribution in [0.25, 0.3) is 11.3 Å². The second-order valence-electron chi connectivity index (χ2n) is 10.7. The monoisotopic (exact) mass is 613 g/mol. The van der Waals surface area contributed by atoms with Crippen LogP contribution in [0.15, 0.2) is 81.8 Å². The highest BCUT2D eigenvalue weighted by Crippen LogP contribution is 2.25. The Kier molecular flexibility index (Phi) is 9.93. The number of hydrogen-bond donors (Lipinski definition) is 4. The second-order valence-corrected chi connectivity index (χ2v) is 10.7. The van der Waals surface area contributed by atoms with Crippen molar-refractivity contribution in [3.05, 3.63) is 95.9 Å². The summed E-state index contributed by atoms with van der Waals surface area (Å²) < 4.78 is 16.5. The number of ether oxygens (including phenoxy) is 1. The van der Waals surface area contributed by atoms with Crippen LogP contribution in [0.1, 0.15) is 64.7 Å². The number of fused-ring (bicyclic) bond motifs is 2. The number of furan rings is 1. The van der Waals surface area contributed by atoms with Crippen LogP contribution in [0.5, 0.6) is 5.75 Å². The zero-order valence-electron chi connectivity index (χ0n) is 25.0. The molecule has 45 heavy (non-hydrogen) atoms. The highest BCUT2D eigenvalue weighted by molar-refractivity contribution is 5.97. The van der Waals surface area contributed by atoms with Gasteiger partial charge in [-0.2, -0.15) is 0 Å². The Hall–Kier alpha value is -5.39. The fraction of sp³-hybridized carbons (Fsp3) is 0.303. The molecule has 1 aliphatic rings. The molecule has 0 fully saturated rings. The number of amides is 4. The van der Waals surface area contributed by atoms with Crippen LogP contribution >= 0.6 is 0 Å². The molecule has 3 atom stereocenters. The molecule has 0 saturated heterocycles. The van der Waals surface area contributed by atoms with E-state index in [1.165, 1.54) is 6.26 Å². The highest BCUT2D eigenvalue weighted by atomic mass is 16.5. The molecule has 4 aromatic rings. The number of nitrogens with one attached hydrogen (secondary N) is 4. The van der Waals surface area contributed by atoms with E-state index in [4.69, 9.17) is 13.6 Å². The maximum absolute atomic E-state index is 13.3. The molecule has 2 bridgehead atoms. The number of methoxy groups -OCH3 is 1. The summed E-state index contributed by atoms with van der Waals surface area (Å²) in [4.78, 5) is 56.9. The van der Waals surface area contributed by atoms with Gasteiger partial charge in [0.05, 0.1) is 7.11 Å². The largest absolute Gasteiger partial charge is 0.497 e. The SMILES string of the molecule is COc1ccc(-c2ccc(C(=O)N[C@H]3CCCCNC(=O)[C@H](Cc4ccccc4)NC(=O)c4coc(n4)[C@H](C)NC3=O)o2)cc1. The van der Waals surface area contributed by atoms with Crippen molar-refractivity contribution in [2.24, 2.45) is 0 Å². The number of rotatable bonds is 6. The maximum atomic E-state index is 13.3. The smallest absolute Gasteiger partial charge is 0.287 e. The Morgan fingerprint density at radius 3 is 2.51 bits per heavy atom. The zero-order valence-corrected chi connectivity index (χ0v) is 25.0. The molecule has 234 valence electrons. The molecule has 0 radical (unpaired) electrons. The number of hydrogen-bond acceptors (Lipinski definition) is 8. The Morgan fingerprint density at radius 1 is 0.978 bits per heavy atom. The van der Waals surface area contributed by atoms with E-state index in [0.29, 0.717) is 37.3 Å². The Bertz CT molecular complexity index is 1630. The lowest BCUT2D eigenvalue weighted by atomic mass is 10.0. The van der Waals surface area contributed by atoms with E-state index in [1.807, 2.05) is 42.5 Å². The standard InChI is InChI=1S/C33H35N5O7/c1-20-33-38-26(19-44-33)31(41)37-25(18-21-8-4-3-5-9-21)29(39)34-17-7-6-10-24(30(40)35-20)36-32(42)28-16-15-27(45-28)22-11-13-23(43-2)14-12-22/h3-5,8-9,11-16,19-20,24-25H,6-7,10,17-18H2,1-2H3,(H,34,39)(H,35,40)(H,36,42)(H,37,41)/t20-,24-,25-/m0/s1. The number of aromatic nitrogens is 1. The third-order valence-corrected chi connectivity index (χ3v) is 7.43. The highest BCUT2D eigenvalue weighted by Gasteiger charge is 2.28. The van der Waals surface area contributed by atoms with Gasteiger partial charge in [-0.25, -0.2) is 4.98 Å². The molecule has 4 N–H and O–H groups in total. The Morgan fingerprint density at radius 2 is 1.76 bits per heavy atom. The summed E-state index contributed by atoms with van der Waals surface area (Å²) in [6.07, 6.45) is 2.82. The zero-order chi connectivity index (χ0) is 31.8. The van der Waals surface area contributed by atoms with E-state index in [9.17, 15) is 19.2 Å². The molecule has 5 rings (SSSR count). The molecular formula is C33H35N5O7. The fourth-order valence-electron chi connectivity index (χ4n) is 4.93. The van der Waals surface area contributed by atoms with Gasteiger partial charge in [0, 0.05) is 18.5 Å². The average molecular weight is 614 g/mol. The van der Waals surface area contributed by atoms with E-state index in [1.54, 1.807) is 38.3 Å². The molecule has 0 unspecified atom stereocenters. The third-order valence-electron chi connectivity index (χ3n) is 7.43. The van der Waals surface area contributed by atoms with Gasteiger partial charge in [-0.15, -0.1) is 0 Å². The van der Waals surface area contributed by atoms with Crippen molar-refractivity contribution in [3.8, 4) is 17.1 Å². The lowest BCUT2D eigenvalue weighted by Crippen LogP contribution is -2.49. The van der Waals surface area contributed by atoms with E-state index in [0.717, 1.165) is 11.1 Å². The lowest BCUT2D eigenvalue weighted by Gasteiger charge is -2.21. The number of carbonyl (C=O) groups is 4. The van der Waals surface area contributed by atoms with Gasteiger partial charge in [-0.1, -0.05) is 30.3 Å². The second kappa shape index (κ2) is 14.4. The summed E-state index contributed by atoms with van der Waals surface area (Å²) in [5.74, 6) is -0.596. The average Bonchev–Trinajstić information content (AvgIpc) is 3.75. The van der Waals surface area contributed by atoms with Gasteiger partial charge in [0.1, 0.15) is 35.9 Å². The first-order valence-electron chi connectivity index (χ1n) is 14.7.